The summed E-state index contributed by atoms with van der Waals surface area (Å²) in [6.45, 7) is 7.50. The number of benzene rings is 1. The molecule has 1 fully saturated rings. The first-order valence-corrected chi connectivity index (χ1v) is 11.2. The molecule has 0 saturated carbocycles. The molecule has 0 bridgehead atoms. The van der Waals surface area contributed by atoms with E-state index in [2.05, 4.69) is 51.3 Å². The molecule has 0 amide bonds. The Bertz CT molecular complexity index is 907. The van der Waals surface area contributed by atoms with E-state index in [9.17, 15) is 0 Å². The van der Waals surface area contributed by atoms with Crippen LogP contribution in [0.2, 0.25) is 0 Å². The predicted octanol–water partition coefficient (Wildman–Crippen LogP) is 3.22. The fourth-order valence-corrected chi connectivity index (χ4v) is 4.30. The predicted molar refractivity (Wildman–Crippen MR) is 124 cm³/mol. The van der Waals surface area contributed by atoms with Crippen molar-refractivity contribution in [2.75, 3.05) is 45.3 Å². The number of rotatable bonds is 6. The van der Waals surface area contributed by atoms with Crippen LogP contribution in [0.1, 0.15) is 36.5 Å². The molecule has 2 aliphatic heterocycles. The molecule has 1 aromatic heterocycles. The average Bonchev–Trinajstić information content (AvgIpc) is 3.36. The average molecular weight is 424 g/mol. The highest BCUT2D eigenvalue weighted by Gasteiger charge is 2.21. The number of fused-ring (bicyclic) bond motifs is 1. The van der Waals surface area contributed by atoms with Gasteiger partial charge in [-0.1, -0.05) is 6.07 Å². The van der Waals surface area contributed by atoms with Crippen LogP contribution in [-0.4, -0.2) is 56.2 Å². The van der Waals surface area contributed by atoms with Crippen LogP contribution in [0, 0.1) is 0 Å². The first-order chi connectivity index (χ1) is 15.2. The Morgan fingerprint density at radius 3 is 2.45 bits per heavy atom. The van der Waals surface area contributed by atoms with Crippen LogP contribution in [0.3, 0.4) is 0 Å². The van der Waals surface area contributed by atoms with Gasteiger partial charge in [-0.3, -0.25) is 0 Å². The molecular formula is C24H33N5O2. The Morgan fingerprint density at radius 2 is 1.81 bits per heavy atom. The van der Waals surface area contributed by atoms with Gasteiger partial charge in [0.2, 0.25) is 0 Å². The second kappa shape index (κ2) is 9.90. The van der Waals surface area contributed by atoms with Crippen LogP contribution < -0.4 is 19.7 Å². The lowest BCUT2D eigenvalue weighted by atomic mass is 9.99. The van der Waals surface area contributed by atoms with Gasteiger partial charge in [0.25, 0.3) is 0 Å². The van der Waals surface area contributed by atoms with Crippen LogP contribution in [0.25, 0.3) is 0 Å². The molecule has 0 radical (unpaired) electrons. The van der Waals surface area contributed by atoms with Crippen molar-refractivity contribution < 1.29 is 9.47 Å². The summed E-state index contributed by atoms with van der Waals surface area (Å²) in [6.07, 6.45) is 5.43. The highest BCUT2D eigenvalue weighted by Crippen LogP contribution is 2.33. The van der Waals surface area contributed by atoms with Crippen molar-refractivity contribution in [3.63, 3.8) is 0 Å². The number of guanidine groups is 1. The second-order valence-corrected chi connectivity index (χ2v) is 8.04. The summed E-state index contributed by atoms with van der Waals surface area (Å²) in [4.78, 5) is 14.2. The van der Waals surface area contributed by atoms with E-state index in [1.807, 2.05) is 6.20 Å². The SMILES string of the molecule is CCNC(=NCc1ccc(N2CCCC2)nc1)N1CCc2cc(OC)c(OC)cc2C1. The van der Waals surface area contributed by atoms with Crippen LogP contribution >= 0.6 is 0 Å². The third-order valence-electron chi connectivity index (χ3n) is 6.00. The second-order valence-electron chi connectivity index (χ2n) is 8.04. The van der Waals surface area contributed by atoms with E-state index in [4.69, 9.17) is 14.5 Å². The molecule has 4 rings (SSSR count). The van der Waals surface area contributed by atoms with E-state index in [1.165, 1.54) is 24.0 Å². The van der Waals surface area contributed by atoms with E-state index in [-0.39, 0.29) is 0 Å². The lowest BCUT2D eigenvalue weighted by Crippen LogP contribution is -2.44. The molecular weight excluding hydrogens is 390 g/mol. The lowest BCUT2D eigenvalue weighted by molar-refractivity contribution is 0.346. The number of aromatic nitrogens is 1. The standard InChI is InChI=1S/C24H33N5O2/c1-4-25-24(27-16-18-7-8-23(26-15-18)28-10-5-6-11-28)29-12-9-19-13-21(30-2)22(31-3)14-20(19)17-29/h7-8,13-15H,4-6,9-12,16-17H2,1-3H3,(H,25,27). The third kappa shape index (κ3) is 4.86. The van der Waals surface area contributed by atoms with Crippen LogP contribution in [0.15, 0.2) is 35.5 Å². The number of hydrogen-bond donors (Lipinski definition) is 1. The van der Waals surface area contributed by atoms with Crippen molar-refractivity contribution in [1.29, 1.82) is 0 Å². The maximum absolute atomic E-state index is 5.50. The topological polar surface area (TPSA) is 62.2 Å². The number of methoxy groups -OCH3 is 2. The number of hydrogen-bond acceptors (Lipinski definition) is 5. The van der Waals surface area contributed by atoms with Crippen LogP contribution in [0.5, 0.6) is 11.5 Å². The minimum Gasteiger partial charge on any atom is -0.493 e. The minimum absolute atomic E-state index is 0.616. The molecule has 7 nitrogen and oxygen atoms in total. The number of nitrogens with one attached hydrogen (secondary N) is 1. The molecule has 1 N–H and O–H groups in total. The van der Waals surface area contributed by atoms with Gasteiger partial charge in [0, 0.05) is 38.9 Å². The van der Waals surface area contributed by atoms with Gasteiger partial charge in [-0.25, -0.2) is 9.98 Å². The van der Waals surface area contributed by atoms with E-state index < -0.39 is 0 Å². The van der Waals surface area contributed by atoms with E-state index in [1.54, 1.807) is 14.2 Å². The Kier molecular flexibility index (Phi) is 6.79. The smallest absolute Gasteiger partial charge is 0.194 e. The minimum atomic E-state index is 0.616. The zero-order valence-corrected chi connectivity index (χ0v) is 18.9. The van der Waals surface area contributed by atoms with Gasteiger partial charge in [0.15, 0.2) is 17.5 Å². The zero-order valence-electron chi connectivity index (χ0n) is 18.9. The summed E-state index contributed by atoms with van der Waals surface area (Å²) >= 11 is 0. The summed E-state index contributed by atoms with van der Waals surface area (Å²) < 4.78 is 11.0. The molecule has 0 atom stereocenters. The lowest BCUT2D eigenvalue weighted by Gasteiger charge is -2.32. The van der Waals surface area contributed by atoms with Crippen molar-refractivity contribution in [3.8, 4) is 11.5 Å². The number of ether oxygens (including phenoxy) is 2. The first-order valence-electron chi connectivity index (χ1n) is 11.2. The summed E-state index contributed by atoms with van der Waals surface area (Å²) in [7, 11) is 3.36. The number of anilines is 1. The highest BCUT2D eigenvalue weighted by atomic mass is 16.5. The van der Waals surface area contributed by atoms with E-state index >= 15 is 0 Å². The van der Waals surface area contributed by atoms with Crippen molar-refractivity contribution in [1.82, 2.24) is 15.2 Å². The number of pyridine rings is 1. The van der Waals surface area contributed by atoms with E-state index in [0.717, 1.165) is 68.0 Å². The Hall–Kier alpha value is -2.96. The van der Waals surface area contributed by atoms with Gasteiger partial charge in [0.1, 0.15) is 5.82 Å². The normalized spacial score (nSPS) is 16.3. The van der Waals surface area contributed by atoms with Gasteiger partial charge >= 0.3 is 0 Å². The van der Waals surface area contributed by atoms with Crippen molar-refractivity contribution in [2.45, 2.75) is 39.3 Å². The van der Waals surface area contributed by atoms with Gasteiger partial charge < -0.3 is 24.6 Å². The van der Waals surface area contributed by atoms with Gasteiger partial charge in [-0.2, -0.15) is 0 Å². The van der Waals surface area contributed by atoms with Crippen molar-refractivity contribution in [2.24, 2.45) is 4.99 Å². The van der Waals surface area contributed by atoms with Gasteiger partial charge in [0.05, 0.1) is 20.8 Å². The third-order valence-corrected chi connectivity index (χ3v) is 6.00. The summed E-state index contributed by atoms with van der Waals surface area (Å²) in [5.41, 5.74) is 3.69. The quantitative estimate of drug-likeness (QED) is 0.569. The Morgan fingerprint density at radius 1 is 1.06 bits per heavy atom. The highest BCUT2D eigenvalue weighted by molar-refractivity contribution is 5.80. The molecule has 0 spiro atoms. The maximum atomic E-state index is 5.50. The zero-order chi connectivity index (χ0) is 21.6. The monoisotopic (exact) mass is 423 g/mol. The summed E-state index contributed by atoms with van der Waals surface area (Å²) in [5.74, 6) is 3.58. The first kappa shape index (κ1) is 21.3. The van der Waals surface area contributed by atoms with E-state index in [0.29, 0.717) is 6.54 Å². The maximum Gasteiger partial charge on any atom is 0.194 e. The molecule has 3 heterocycles. The summed E-state index contributed by atoms with van der Waals surface area (Å²) in [6, 6.07) is 8.46. The van der Waals surface area contributed by atoms with Gasteiger partial charge in [-0.15, -0.1) is 0 Å². The number of aliphatic imine (C=N–C) groups is 1. The van der Waals surface area contributed by atoms with Crippen LogP contribution in [-0.2, 0) is 19.5 Å². The van der Waals surface area contributed by atoms with Gasteiger partial charge in [-0.05, 0) is 61.1 Å². The number of nitrogens with zero attached hydrogens (tertiary/aromatic N) is 4. The molecule has 2 aromatic rings. The summed E-state index contributed by atoms with van der Waals surface area (Å²) in [5, 5.41) is 3.45. The fraction of sp³-hybridized carbons (Fsp3) is 0.500. The largest absolute Gasteiger partial charge is 0.493 e. The molecule has 2 aliphatic rings. The van der Waals surface area contributed by atoms with Crippen LogP contribution in [0.4, 0.5) is 5.82 Å². The molecule has 166 valence electrons. The van der Waals surface area contributed by atoms with Crippen molar-refractivity contribution in [3.05, 3.63) is 47.2 Å². The molecule has 0 unspecified atom stereocenters. The molecule has 31 heavy (non-hydrogen) atoms. The molecule has 7 heteroatoms. The fourth-order valence-electron chi connectivity index (χ4n) is 4.30. The molecule has 1 aromatic carbocycles. The molecule has 1 saturated heterocycles. The molecule has 0 aliphatic carbocycles. The van der Waals surface area contributed by atoms with Crippen molar-refractivity contribution >= 4 is 11.8 Å². The Labute approximate surface area is 185 Å². The Balaban J connectivity index is 1.46.